The molecule has 120 valence electrons. The van der Waals surface area contributed by atoms with Crippen LogP contribution >= 0.6 is 11.5 Å². The zero-order chi connectivity index (χ0) is 15.5. The molecule has 4 rings (SSSR count). The minimum Gasteiger partial charge on any atom is -0.349 e. The third-order valence-electron chi connectivity index (χ3n) is 3.14. The molecule has 0 aliphatic heterocycles. The van der Waals surface area contributed by atoms with Gasteiger partial charge in [0.25, 0.3) is 0 Å². The Bertz CT molecular complexity index is 833. The van der Waals surface area contributed by atoms with Crippen molar-refractivity contribution in [2.24, 2.45) is 0 Å². The molecule has 0 unspecified atom stereocenters. The molecule has 24 heavy (non-hydrogen) atoms. The molecule has 0 aliphatic carbocycles. The minimum atomic E-state index is 0. The van der Waals surface area contributed by atoms with Gasteiger partial charge in [-0.1, -0.05) is 0 Å². The van der Waals surface area contributed by atoms with Crippen molar-refractivity contribution >= 4 is 11.5 Å². The second-order valence-corrected chi connectivity index (χ2v) is 5.59. The van der Waals surface area contributed by atoms with Crippen molar-refractivity contribution in [1.82, 2.24) is 19.5 Å². The summed E-state index contributed by atoms with van der Waals surface area (Å²) in [4.78, 5) is 8.88. The van der Waals surface area contributed by atoms with Crippen LogP contribution in [0.1, 0.15) is 10.9 Å². The van der Waals surface area contributed by atoms with Gasteiger partial charge >= 0.3 is 21.1 Å². The van der Waals surface area contributed by atoms with Crippen LogP contribution in [-0.4, -0.2) is 19.5 Å². The van der Waals surface area contributed by atoms with E-state index in [1.807, 2.05) is 48.5 Å². The number of hydrogen-bond donors (Lipinski definition) is 0. The monoisotopic (exact) mass is 513 g/mol. The third-order valence-corrected chi connectivity index (χ3v) is 3.85. The number of aromatic nitrogens is 4. The predicted molar refractivity (Wildman–Crippen MR) is 85.6 cm³/mol. The van der Waals surface area contributed by atoms with Crippen LogP contribution in [0.4, 0.5) is 0 Å². The molecule has 0 N–H and O–H groups in total. The maximum absolute atomic E-state index is 5.29. The quantitative estimate of drug-likeness (QED) is 0.392. The van der Waals surface area contributed by atoms with E-state index in [0.29, 0.717) is 24.0 Å². The van der Waals surface area contributed by atoms with Gasteiger partial charge in [0.15, 0.2) is 0 Å². The van der Waals surface area contributed by atoms with E-state index in [4.69, 9.17) is 4.52 Å². The summed E-state index contributed by atoms with van der Waals surface area (Å²) in [5.41, 5.74) is 1.68. The van der Waals surface area contributed by atoms with Crippen molar-refractivity contribution in [1.29, 1.82) is 0 Å². The number of nitrogens with zero attached hydrogens (tertiary/aromatic N) is 4. The molecule has 0 aliphatic rings. The number of benzene rings is 2. The average Bonchev–Trinajstić information content (AvgIpc) is 3.27. The van der Waals surface area contributed by atoms with Gasteiger partial charge in [0.05, 0.1) is 12.2 Å². The summed E-state index contributed by atoms with van der Waals surface area (Å²) in [5, 5.41) is 4.80. The SMILES string of the molecule is [Pt+2].[c-]1ccccc1-c1noc(Cc2nc(-c3[c-]cccc3)ns2)n1. The standard InChI is InChI=1S/C17H10N4OS.Pt/c1-3-7-12(8-4-1)16-18-14(22-20-16)11-15-19-17(21-23-15)13-9-5-2-6-10-13;/h1-7,9H,11H2;/q-2;+2. The van der Waals surface area contributed by atoms with Gasteiger partial charge in [-0.25, -0.2) is 9.36 Å². The molecule has 0 saturated carbocycles. The number of hydrogen-bond acceptors (Lipinski definition) is 6. The zero-order valence-electron chi connectivity index (χ0n) is 12.2. The fourth-order valence-electron chi connectivity index (χ4n) is 2.07. The number of rotatable bonds is 4. The molecule has 2 aromatic carbocycles. The van der Waals surface area contributed by atoms with E-state index >= 15 is 0 Å². The van der Waals surface area contributed by atoms with E-state index in [1.54, 1.807) is 0 Å². The van der Waals surface area contributed by atoms with Crippen LogP contribution in [0.15, 0.2) is 53.1 Å². The Hall–Kier alpha value is -2.17. The summed E-state index contributed by atoms with van der Waals surface area (Å²) < 4.78 is 9.64. The largest absolute Gasteiger partial charge is 2.00 e. The second-order valence-electron chi connectivity index (χ2n) is 4.75. The minimum absolute atomic E-state index is 0. The van der Waals surface area contributed by atoms with Gasteiger partial charge in [0.1, 0.15) is 10.8 Å². The first-order valence-corrected chi connectivity index (χ1v) is 7.75. The van der Waals surface area contributed by atoms with Gasteiger partial charge in [-0.3, -0.25) is 4.98 Å². The summed E-state index contributed by atoms with van der Waals surface area (Å²) in [6.07, 6.45) is 0.463. The molecule has 0 amide bonds. The Morgan fingerprint density at radius 3 is 2.29 bits per heavy atom. The summed E-state index contributed by atoms with van der Waals surface area (Å²) in [6, 6.07) is 21.3. The Morgan fingerprint density at radius 2 is 1.62 bits per heavy atom. The zero-order valence-corrected chi connectivity index (χ0v) is 15.3. The first-order chi connectivity index (χ1) is 11.4. The van der Waals surface area contributed by atoms with Crippen LogP contribution in [0, 0.1) is 12.1 Å². The molecule has 2 aromatic heterocycles. The van der Waals surface area contributed by atoms with Gasteiger partial charge < -0.3 is 4.52 Å². The summed E-state index contributed by atoms with van der Waals surface area (Å²) in [5.74, 6) is 1.71. The van der Waals surface area contributed by atoms with Crippen LogP contribution in [0.3, 0.4) is 0 Å². The Labute approximate surface area is 157 Å². The summed E-state index contributed by atoms with van der Waals surface area (Å²) in [6.45, 7) is 0. The molecule has 0 radical (unpaired) electrons. The van der Waals surface area contributed by atoms with E-state index in [0.717, 1.165) is 16.1 Å². The van der Waals surface area contributed by atoms with Gasteiger partial charge in [-0.15, -0.1) is 76.9 Å². The molecular weight excluding hydrogens is 503 g/mol. The Balaban J connectivity index is 0.00000169. The molecule has 0 atom stereocenters. The Morgan fingerprint density at radius 1 is 0.917 bits per heavy atom. The topological polar surface area (TPSA) is 64.7 Å². The van der Waals surface area contributed by atoms with Crippen LogP contribution in [0.25, 0.3) is 22.8 Å². The summed E-state index contributed by atoms with van der Waals surface area (Å²) >= 11 is 1.33. The van der Waals surface area contributed by atoms with Crippen molar-refractivity contribution in [3.8, 4) is 22.8 Å². The van der Waals surface area contributed by atoms with Crippen molar-refractivity contribution in [2.45, 2.75) is 6.42 Å². The second kappa shape index (κ2) is 7.60. The first-order valence-electron chi connectivity index (χ1n) is 6.98. The molecule has 0 fully saturated rings. The maximum Gasteiger partial charge on any atom is 2.00 e. The van der Waals surface area contributed by atoms with E-state index < -0.39 is 0 Å². The fourth-order valence-corrected chi connectivity index (χ4v) is 2.71. The fraction of sp³-hybridized carbons (Fsp3) is 0.0588. The molecular formula is C17H10N4OPtS. The predicted octanol–water partition coefficient (Wildman–Crippen LogP) is 3.44. The van der Waals surface area contributed by atoms with Crippen LogP contribution in [0.5, 0.6) is 0 Å². The van der Waals surface area contributed by atoms with Gasteiger partial charge in [0, 0.05) is 0 Å². The van der Waals surface area contributed by atoms with Crippen molar-refractivity contribution in [3.63, 3.8) is 0 Å². The molecule has 7 heteroatoms. The molecule has 2 heterocycles. The van der Waals surface area contributed by atoms with Crippen LogP contribution in [0.2, 0.25) is 0 Å². The van der Waals surface area contributed by atoms with Crippen molar-refractivity contribution < 1.29 is 25.6 Å². The van der Waals surface area contributed by atoms with Crippen molar-refractivity contribution in [3.05, 3.63) is 71.6 Å². The molecule has 0 saturated heterocycles. The van der Waals surface area contributed by atoms with Gasteiger partial charge in [-0.05, 0) is 11.5 Å². The smallest absolute Gasteiger partial charge is 0.349 e. The van der Waals surface area contributed by atoms with Gasteiger partial charge in [0.2, 0.25) is 5.89 Å². The van der Waals surface area contributed by atoms with Crippen LogP contribution < -0.4 is 0 Å². The van der Waals surface area contributed by atoms with E-state index in [2.05, 4.69) is 31.6 Å². The van der Waals surface area contributed by atoms with Crippen molar-refractivity contribution in [2.75, 3.05) is 0 Å². The van der Waals surface area contributed by atoms with Gasteiger partial charge in [-0.2, -0.15) is 0 Å². The average molecular weight is 513 g/mol. The normalized spacial score (nSPS) is 10.3. The molecule has 5 nitrogen and oxygen atoms in total. The Kier molecular flexibility index (Phi) is 5.28. The summed E-state index contributed by atoms with van der Waals surface area (Å²) in [7, 11) is 0. The van der Waals surface area contributed by atoms with Crippen LogP contribution in [-0.2, 0) is 27.5 Å². The van der Waals surface area contributed by atoms with E-state index in [9.17, 15) is 0 Å². The van der Waals surface area contributed by atoms with E-state index in [1.165, 1.54) is 11.5 Å². The molecule has 0 bridgehead atoms. The third kappa shape index (κ3) is 3.66. The van der Waals surface area contributed by atoms with E-state index in [-0.39, 0.29) is 21.1 Å². The molecule has 4 aromatic rings. The maximum atomic E-state index is 5.29. The first kappa shape index (κ1) is 16.7. The molecule has 0 spiro atoms.